The van der Waals surface area contributed by atoms with Crippen molar-refractivity contribution in [2.45, 2.75) is 32.8 Å². The van der Waals surface area contributed by atoms with E-state index >= 15 is 0 Å². The predicted octanol–water partition coefficient (Wildman–Crippen LogP) is 5.42. The van der Waals surface area contributed by atoms with Crippen LogP contribution in [0, 0.1) is 0 Å². The molecule has 0 aliphatic heterocycles. The van der Waals surface area contributed by atoms with Crippen LogP contribution in [0.2, 0.25) is 0 Å². The number of rotatable bonds is 6. The second-order valence-electron chi connectivity index (χ2n) is 6.89. The third kappa shape index (κ3) is 5.76. The monoisotopic (exact) mass is 418 g/mol. The molecule has 0 aliphatic rings. The Morgan fingerprint density at radius 3 is 2.50 bits per heavy atom. The van der Waals surface area contributed by atoms with Gasteiger partial charge in [0.1, 0.15) is 5.75 Å². The lowest BCUT2D eigenvalue weighted by molar-refractivity contribution is -0.274. The second kappa shape index (κ2) is 8.89. The highest BCUT2D eigenvalue weighted by Crippen LogP contribution is 2.24. The number of carbonyl (C=O) groups is 1. The molecule has 1 aromatic heterocycles. The molecule has 158 valence electrons. The number of hydrogen-bond donors (Lipinski definition) is 2. The summed E-state index contributed by atoms with van der Waals surface area (Å²) in [6.45, 7) is 4.14. The number of benzene rings is 2. The Labute approximate surface area is 171 Å². The molecule has 2 amide bonds. The number of anilines is 1. The maximum absolute atomic E-state index is 12.8. The third-order valence-electron chi connectivity index (χ3n) is 4.32. The van der Waals surface area contributed by atoms with Crippen molar-refractivity contribution in [3.63, 3.8) is 0 Å². The minimum atomic E-state index is -4.76. The number of hydrogen-bond acceptors (Lipinski definition) is 3. The first kappa shape index (κ1) is 21.2. The molecule has 0 fully saturated rings. The van der Waals surface area contributed by atoms with Crippen molar-refractivity contribution < 1.29 is 22.7 Å². The number of ether oxygens (including phenoxy) is 1. The van der Waals surface area contributed by atoms with E-state index in [0.717, 1.165) is 29.0 Å². The molecular weight excluding hydrogens is 397 g/mol. The van der Waals surface area contributed by atoms with Gasteiger partial charge in [-0.05, 0) is 61.4 Å². The number of aromatic amines is 1. The molecule has 0 spiro atoms. The summed E-state index contributed by atoms with van der Waals surface area (Å²) < 4.78 is 40.6. The highest BCUT2D eigenvalue weighted by Gasteiger charge is 2.31. The summed E-state index contributed by atoms with van der Waals surface area (Å²) in [4.78, 5) is 14.4. The van der Waals surface area contributed by atoms with Crippen LogP contribution in [0.3, 0.4) is 0 Å². The van der Waals surface area contributed by atoms with Crippen LogP contribution in [-0.4, -0.2) is 33.5 Å². The van der Waals surface area contributed by atoms with Crippen LogP contribution in [0.25, 0.3) is 11.3 Å². The summed E-state index contributed by atoms with van der Waals surface area (Å²) in [6, 6.07) is 14.2. The fourth-order valence-corrected chi connectivity index (χ4v) is 2.87. The molecule has 0 aliphatic carbocycles. The van der Waals surface area contributed by atoms with Crippen molar-refractivity contribution in [3.8, 4) is 17.0 Å². The van der Waals surface area contributed by atoms with Gasteiger partial charge in [-0.15, -0.1) is 13.2 Å². The van der Waals surface area contributed by atoms with Gasteiger partial charge in [0.25, 0.3) is 0 Å². The number of carbonyl (C=O) groups excluding carboxylic acids is 1. The maximum Gasteiger partial charge on any atom is 0.573 e. The van der Waals surface area contributed by atoms with Crippen LogP contribution >= 0.6 is 0 Å². The lowest BCUT2D eigenvalue weighted by Crippen LogP contribution is -2.39. The lowest BCUT2D eigenvalue weighted by Gasteiger charge is -2.27. The highest BCUT2D eigenvalue weighted by atomic mass is 19.4. The molecule has 1 heterocycles. The summed E-state index contributed by atoms with van der Waals surface area (Å²) in [5.74, 6) is -0.350. The van der Waals surface area contributed by atoms with Crippen LogP contribution in [0.1, 0.15) is 19.4 Å². The number of H-pyrrole nitrogens is 1. The summed E-state index contributed by atoms with van der Waals surface area (Å²) in [7, 11) is 0. The molecule has 0 radical (unpaired) electrons. The number of amides is 2. The van der Waals surface area contributed by atoms with Crippen molar-refractivity contribution in [2.24, 2.45) is 0 Å². The van der Waals surface area contributed by atoms with Crippen molar-refractivity contribution in [1.29, 1.82) is 0 Å². The van der Waals surface area contributed by atoms with Crippen LogP contribution < -0.4 is 10.1 Å². The smallest absolute Gasteiger partial charge is 0.406 e. The predicted molar refractivity (Wildman–Crippen MR) is 107 cm³/mol. The minimum Gasteiger partial charge on any atom is -0.406 e. The normalized spacial score (nSPS) is 11.4. The molecule has 3 rings (SSSR count). The van der Waals surface area contributed by atoms with Gasteiger partial charge < -0.3 is 15.0 Å². The van der Waals surface area contributed by atoms with E-state index in [1.807, 2.05) is 44.2 Å². The average molecular weight is 418 g/mol. The van der Waals surface area contributed by atoms with Gasteiger partial charge in [0.2, 0.25) is 0 Å². The van der Waals surface area contributed by atoms with Gasteiger partial charge in [-0.25, -0.2) is 4.79 Å². The summed E-state index contributed by atoms with van der Waals surface area (Å²) in [5, 5.41) is 9.56. The van der Waals surface area contributed by atoms with Crippen LogP contribution in [0.4, 0.5) is 23.7 Å². The molecule has 0 bridgehead atoms. The number of halogens is 3. The van der Waals surface area contributed by atoms with Gasteiger partial charge in [0, 0.05) is 24.5 Å². The van der Waals surface area contributed by atoms with Crippen molar-refractivity contribution >= 4 is 11.7 Å². The van der Waals surface area contributed by atoms with Crippen LogP contribution in [0.5, 0.6) is 5.75 Å². The molecule has 3 aromatic rings. The van der Waals surface area contributed by atoms with Gasteiger partial charge >= 0.3 is 12.4 Å². The fourth-order valence-electron chi connectivity index (χ4n) is 2.87. The molecule has 6 nitrogen and oxygen atoms in total. The standard InChI is InChI=1S/C21H21F3N4O2/c1-14(2)28(13-15-4-3-5-16(12-15)19-10-11-25-27-19)20(29)26-17-6-8-18(9-7-17)30-21(22,23)24/h3-12,14H,13H2,1-2H3,(H,25,27)(H,26,29). The van der Waals surface area contributed by atoms with E-state index in [9.17, 15) is 18.0 Å². The molecule has 0 unspecified atom stereocenters. The second-order valence-corrected chi connectivity index (χ2v) is 6.89. The van der Waals surface area contributed by atoms with Crippen molar-refractivity contribution in [2.75, 3.05) is 5.32 Å². The Morgan fingerprint density at radius 1 is 1.17 bits per heavy atom. The SMILES string of the molecule is CC(C)N(Cc1cccc(-c2ccn[nH]2)c1)C(=O)Nc1ccc(OC(F)(F)F)cc1. The van der Waals surface area contributed by atoms with Crippen LogP contribution in [-0.2, 0) is 6.54 Å². The lowest BCUT2D eigenvalue weighted by atomic mass is 10.1. The van der Waals surface area contributed by atoms with E-state index in [2.05, 4.69) is 20.3 Å². The number of alkyl halides is 3. The summed E-state index contributed by atoms with van der Waals surface area (Å²) in [5.41, 5.74) is 3.12. The van der Waals surface area contributed by atoms with Crippen LogP contribution in [0.15, 0.2) is 60.8 Å². The number of nitrogens with zero attached hydrogens (tertiary/aromatic N) is 2. The number of aromatic nitrogens is 2. The van der Waals surface area contributed by atoms with E-state index in [4.69, 9.17) is 0 Å². The molecule has 0 saturated heterocycles. The van der Waals surface area contributed by atoms with Gasteiger partial charge in [0.15, 0.2) is 0 Å². The molecular formula is C21H21F3N4O2. The Hall–Kier alpha value is -3.49. The molecule has 2 N–H and O–H groups in total. The minimum absolute atomic E-state index is 0.103. The number of nitrogens with one attached hydrogen (secondary N) is 2. The van der Waals surface area contributed by atoms with E-state index in [1.54, 1.807) is 11.1 Å². The van der Waals surface area contributed by atoms with E-state index in [-0.39, 0.29) is 17.8 Å². The molecule has 0 atom stereocenters. The van der Waals surface area contributed by atoms with Gasteiger partial charge in [0.05, 0.1) is 5.69 Å². The fraction of sp³-hybridized carbons (Fsp3) is 0.238. The largest absolute Gasteiger partial charge is 0.573 e. The van der Waals surface area contributed by atoms with Crippen molar-refractivity contribution in [3.05, 3.63) is 66.4 Å². The number of urea groups is 1. The van der Waals surface area contributed by atoms with E-state index in [1.165, 1.54) is 12.1 Å². The summed E-state index contributed by atoms with van der Waals surface area (Å²) >= 11 is 0. The van der Waals surface area contributed by atoms with Gasteiger partial charge in [-0.1, -0.05) is 18.2 Å². The molecule has 2 aromatic carbocycles. The van der Waals surface area contributed by atoms with Gasteiger partial charge in [-0.2, -0.15) is 5.10 Å². The first-order valence-corrected chi connectivity index (χ1v) is 9.23. The third-order valence-corrected chi connectivity index (χ3v) is 4.32. The topological polar surface area (TPSA) is 70.2 Å². The molecule has 0 saturated carbocycles. The molecule has 9 heteroatoms. The van der Waals surface area contributed by atoms with E-state index < -0.39 is 6.36 Å². The van der Waals surface area contributed by atoms with Gasteiger partial charge in [-0.3, -0.25) is 5.10 Å². The maximum atomic E-state index is 12.8. The Balaban J connectivity index is 1.69. The summed E-state index contributed by atoms with van der Waals surface area (Å²) in [6.07, 6.45) is -3.09. The Morgan fingerprint density at radius 2 is 1.90 bits per heavy atom. The molecule has 30 heavy (non-hydrogen) atoms. The zero-order valence-electron chi connectivity index (χ0n) is 16.4. The Kier molecular flexibility index (Phi) is 6.29. The first-order valence-electron chi connectivity index (χ1n) is 9.23. The zero-order chi connectivity index (χ0) is 21.7. The average Bonchev–Trinajstić information content (AvgIpc) is 3.21. The zero-order valence-corrected chi connectivity index (χ0v) is 16.4. The highest BCUT2D eigenvalue weighted by molar-refractivity contribution is 5.89. The Bertz CT molecular complexity index is 971. The quantitative estimate of drug-likeness (QED) is 0.562. The van der Waals surface area contributed by atoms with Crippen molar-refractivity contribution in [1.82, 2.24) is 15.1 Å². The first-order chi connectivity index (χ1) is 14.2. The van der Waals surface area contributed by atoms with E-state index in [0.29, 0.717) is 12.2 Å².